The van der Waals surface area contributed by atoms with Crippen LogP contribution >= 0.6 is 0 Å². The minimum absolute atomic E-state index is 0.0711. The summed E-state index contributed by atoms with van der Waals surface area (Å²) >= 11 is 0. The second-order valence-corrected chi connectivity index (χ2v) is 3.97. The van der Waals surface area contributed by atoms with Crippen molar-refractivity contribution in [3.63, 3.8) is 0 Å². The lowest BCUT2D eigenvalue weighted by Crippen LogP contribution is -2.16. The van der Waals surface area contributed by atoms with Crippen LogP contribution in [-0.4, -0.2) is 23.1 Å². The lowest BCUT2D eigenvalue weighted by atomic mass is 10.2. The zero-order valence-electron chi connectivity index (χ0n) is 10.7. The van der Waals surface area contributed by atoms with E-state index >= 15 is 0 Å². The predicted octanol–water partition coefficient (Wildman–Crippen LogP) is 3.13. The third kappa shape index (κ3) is 4.30. The average Bonchev–Trinajstić information content (AvgIpc) is 2.43. The summed E-state index contributed by atoms with van der Waals surface area (Å²) in [6.07, 6.45) is -3.31. The highest BCUT2D eigenvalue weighted by atomic mass is 19.4. The van der Waals surface area contributed by atoms with Crippen LogP contribution in [0.15, 0.2) is 36.5 Å². The number of ether oxygens (including phenoxy) is 1. The maximum atomic E-state index is 12.8. The molecule has 1 N–H and O–H groups in total. The molecule has 112 valence electrons. The monoisotopic (exact) mass is 301 g/mol. The number of alkyl halides is 3. The molecule has 2 heterocycles. The average molecular weight is 301 g/mol. The SMILES string of the molecule is Fc1cccc(NCCOc2ncccc2C(F)(F)F)n1. The Morgan fingerprint density at radius 1 is 1.14 bits per heavy atom. The Hall–Kier alpha value is -2.38. The molecular formula is C13H11F4N3O. The number of halogens is 4. The van der Waals surface area contributed by atoms with Crippen LogP contribution in [0.5, 0.6) is 5.88 Å². The topological polar surface area (TPSA) is 47.0 Å². The molecule has 2 aromatic heterocycles. The number of hydrogen-bond donors (Lipinski definition) is 1. The Balaban J connectivity index is 1.90. The van der Waals surface area contributed by atoms with Gasteiger partial charge >= 0.3 is 6.18 Å². The predicted molar refractivity (Wildman–Crippen MR) is 67.4 cm³/mol. The zero-order chi connectivity index (χ0) is 15.3. The quantitative estimate of drug-likeness (QED) is 0.523. The van der Waals surface area contributed by atoms with Crippen LogP contribution in [-0.2, 0) is 6.18 Å². The van der Waals surface area contributed by atoms with Gasteiger partial charge in [-0.15, -0.1) is 0 Å². The normalized spacial score (nSPS) is 11.2. The van der Waals surface area contributed by atoms with Crippen molar-refractivity contribution in [3.05, 3.63) is 48.0 Å². The molecule has 8 heteroatoms. The minimum atomic E-state index is -4.53. The summed E-state index contributed by atoms with van der Waals surface area (Å²) in [7, 11) is 0. The molecule has 0 atom stereocenters. The van der Waals surface area contributed by atoms with Gasteiger partial charge in [0.1, 0.15) is 18.0 Å². The molecule has 0 radical (unpaired) electrons. The summed E-state index contributed by atoms with van der Waals surface area (Å²) in [6, 6.07) is 6.26. The maximum absolute atomic E-state index is 12.8. The van der Waals surface area contributed by atoms with E-state index in [2.05, 4.69) is 15.3 Å². The van der Waals surface area contributed by atoms with Gasteiger partial charge in [0, 0.05) is 6.20 Å². The molecule has 0 fully saturated rings. The van der Waals surface area contributed by atoms with Gasteiger partial charge in [-0.2, -0.15) is 17.6 Å². The van der Waals surface area contributed by atoms with E-state index in [1.54, 1.807) is 0 Å². The summed E-state index contributed by atoms with van der Waals surface area (Å²) in [5, 5.41) is 2.73. The van der Waals surface area contributed by atoms with Gasteiger partial charge in [-0.3, -0.25) is 0 Å². The van der Waals surface area contributed by atoms with Gasteiger partial charge in [0.15, 0.2) is 0 Å². The molecule has 2 aromatic rings. The fourth-order valence-electron chi connectivity index (χ4n) is 1.56. The van der Waals surface area contributed by atoms with E-state index in [9.17, 15) is 17.6 Å². The van der Waals surface area contributed by atoms with Crippen molar-refractivity contribution in [2.45, 2.75) is 6.18 Å². The van der Waals surface area contributed by atoms with E-state index in [1.165, 1.54) is 30.5 Å². The highest BCUT2D eigenvalue weighted by molar-refractivity contribution is 5.33. The molecule has 0 bridgehead atoms. The summed E-state index contributed by atoms with van der Waals surface area (Å²) in [5.41, 5.74) is -0.936. The van der Waals surface area contributed by atoms with Gasteiger partial charge in [0.25, 0.3) is 0 Å². The van der Waals surface area contributed by atoms with Crippen molar-refractivity contribution in [1.82, 2.24) is 9.97 Å². The third-order valence-electron chi connectivity index (χ3n) is 2.44. The van der Waals surface area contributed by atoms with Crippen LogP contribution in [0.1, 0.15) is 5.56 Å². The van der Waals surface area contributed by atoms with E-state index in [4.69, 9.17) is 4.74 Å². The van der Waals surface area contributed by atoms with E-state index in [0.717, 1.165) is 6.07 Å². The molecule has 0 unspecified atom stereocenters. The first-order valence-electron chi connectivity index (χ1n) is 5.98. The van der Waals surface area contributed by atoms with Crippen LogP contribution in [0.25, 0.3) is 0 Å². The van der Waals surface area contributed by atoms with Gasteiger partial charge in [-0.05, 0) is 24.3 Å². The number of nitrogens with one attached hydrogen (secondary N) is 1. The zero-order valence-corrected chi connectivity index (χ0v) is 10.7. The number of nitrogens with zero attached hydrogens (tertiary/aromatic N) is 2. The number of anilines is 1. The second-order valence-electron chi connectivity index (χ2n) is 3.97. The van der Waals surface area contributed by atoms with Crippen LogP contribution in [0.2, 0.25) is 0 Å². The number of rotatable bonds is 5. The van der Waals surface area contributed by atoms with Crippen molar-refractivity contribution >= 4 is 5.82 Å². The highest BCUT2D eigenvalue weighted by Gasteiger charge is 2.34. The van der Waals surface area contributed by atoms with E-state index in [0.29, 0.717) is 0 Å². The van der Waals surface area contributed by atoms with Gasteiger partial charge in [-0.25, -0.2) is 9.97 Å². The smallest absolute Gasteiger partial charge is 0.421 e. The molecule has 0 spiro atoms. The van der Waals surface area contributed by atoms with Crippen LogP contribution < -0.4 is 10.1 Å². The maximum Gasteiger partial charge on any atom is 0.421 e. The molecule has 0 amide bonds. The lowest BCUT2D eigenvalue weighted by Gasteiger charge is -2.12. The summed E-state index contributed by atoms with van der Waals surface area (Å²) in [5.74, 6) is -0.861. The van der Waals surface area contributed by atoms with Crippen molar-refractivity contribution in [1.29, 1.82) is 0 Å². The molecule has 2 rings (SSSR count). The first kappa shape index (κ1) is 15.0. The molecular weight excluding hydrogens is 290 g/mol. The van der Waals surface area contributed by atoms with Crippen LogP contribution in [0, 0.1) is 5.95 Å². The van der Waals surface area contributed by atoms with E-state index < -0.39 is 23.6 Å². The Bertz CT molecular complexity index is 604. The van der Waals surface area contributed by atoms with E-state index in [-0.39, 0.29) is 19.0 Å². The first-order valence-corrected chi connectivity index (χ1v) is 5.98. The molecule has 0 saturated heterocycles. The van der Waals surface area contributed by atoms with Crippen molar-refractivity contribution in [2.24, 2.45) is 0 Å². The molecule has 0 saturated carbocycles. The van der Waals surface area contributed by atoms with Crippen LogP contribution in [0.3, 0.4) is 0 Å². The number of pyridine rings is 2. The van der Waals surface area contributed by atoms with E-state index in [1.807, 2.05) is 0 Å². The molecule has 0 aliphatic carbocycles. The van der Waals surface area contributed by atoms with Gasteiger partial charge in [0.2, 0.25) is 11.8 Å². The van der Waals surface area contributed by atoms with Gasteiger partial charge in [-0.1, -0.05) is 6.07 Å². The summed E-state index contributed by atoms with van der Waals surface area (Å²) in [6.45, 7) is 0.0859. The molecule has 0 aliphatic rings. The van der Waals surface area contributed by atoms with Crippen molar-refractivity contribution in [3.8, 4) is 5.88 Å². The number of hydrogen-bond acceptors (Lipinski definition) is 4. The Labute approximate surface area is 117 Å². The molecule has 0 aromatic carbocycles. The molecule has 0 aliphatic heterocycles. The Kier molecular flexibility index (Phi) is 4.56. The number of aromatic nitrogens is 2. The minimum Gasteiger partial charge on any atom is -0.475 e. The standard InChI is InChI=1S/C13H11F4N3O/c14-10-4-1-5-11(20-10)18-7-8-21-12-9(13(15,16)17)3-2-6-19-12/h1-6H,7-8H2,(H,18,20). The van der Waals surface area contributed by atoms with Crippen molar-refractivity contribution in [2.75, 3.05) is 18.5 Å². The van der Waals surface area contributed by atoms with Gasteiger partial charge < -0.3 is 10.1 Å². The molecule has 4 nitrogen and oxygen atoms in total. The van der Waals surface area contributed by atoms with Crippen molar-refractivity contribution < 1.29 is 22.3 Å². The van der Waals surface area contributed by atoms with Gasteiger partial charge in [0.05, 0.1) is 6.54 Å². The second kappa shape index (κ2) is 6.38. The fraction of sp³-hybridized carbons (Fsp3) is 0.231. The first-order chi connectivity index (χ1) is 9.97. The lowest BCUT2D eigenvalue weighted by molar-refractivity contribution is -0.139. The highest BCUT2D eigenvalue weighted by Crippen LogP contribution is 2.34. The summed E-state index contributed by atoms with van der Waals surface area (Å²) in [4.78, 5) is 7.10. The Morgan fingerprint density at radius 2 is 1.95 bits per heavy atom. The Morgan fingerprint density at radius 3 is 2.67 bits per heavy atom. The molecule has 21 heavy (non-hydrogen) atoms. The third-order valence-corrected chi connectivity index (χ3v) is 2.44. The largest absolute Gasteiger partial charge is 0.475 e. The van der Waals surface area contributed by atoms with Crippen LogP contribution in [0.4, 0.5) is 23.4 Å². The fourth-order valence-corrected chi connectivity index (χ4v) is 1.56. The summed E-state index contributed by atoms with van der Waals surface area (Å²) < 4.78 is 55.8.